The molecular weight excluding hydrogens is 420 g/mol. The number of morpholine rings is 1. The molecule has 1 aromatic heterocycles. The number of hydrogen-bond acceptors (Lipinski definition) is 7. The highest BCUT2D eigenvalue weighted by atomic mass is 16.5. The highest BCUT2D eigenvalue weighted by Crippen LogP contribution is 2.38. The monoisotopic (exact) mass is 446 g/mol. The topological polar surface area (TPSA) is 135 Å². The van der Waals surface area contributed by atoms with Crippen LogP contribution in [0.25, 0.3) is 10.9 Å². The quantitative estimate of drug-likeness (QED) is 0.643. The molecule has 10 nitrogen and oxygen atoms in total. The number of benzene rings is 1. The minimum atomic E-state index is -2.47. The van der Waals surface area contributed by atoms with Crippen molar-refractivity contribution in [3.63, 3.8) is 0 Å². The number of anilines is 1. The Kier molecular flexibility index (Phi) is 6.12. The maximum Gasteiger partial charge on any atom is 0.339 e. The number of aromatic nitrogens is 1. The zero-order valence-electron chi connectivity index (χ0n) is 18.3. The molecule has 1 aliphatic heterocycles. The number of nitrogens with zero attached hydrogens (tertiary/aromatic N) is 2. The van der Waals surface area contributed by atoms with Gasteiger partial charge in [-0.05, 0) is 23.6 Å². The predicted octanol–water partition coefficient (Wildman–Crippen LogP) is 0.768. The third-order valence-electron chi connectivity index (χ3n) is 5.74. The number of rotatable bonds is 5. The van der Waals surface area contributed by atoms with Crippen molar-refractivity contribution in [1.29, 1.82) is 0 Å². The van der Waals surface area contributed by atoms with Gasteiger partial charge in [-0.25, -0.2) is 4.79 Å². The van der Waals surface area contributed by atoms with Crippen LogP contribution in [-0.2, 0) is 30.4 Å². The highest BCUT2D eigenvalue weighted by Gasteiger charge is 2.59. The molecule has 0 saturated carbocycles. The second kappa shape index (κ2) is 8.36. The van der Waals surface area contributed by atoms with Gasteiger partial charge < -0.3 is 24.6 Å². The average molecular weight is 446 g/mol. The summed E-state index contributed by atoms with van der Waals surface area (Å²) < 4.78 is 11.4. The van der Waals surface area contributed by atoms with Crippen LogP contribution in [0.15, 0.2) is 35.1 Å². The molecule has 1 aliphatic rings. The number of pyridine rings is 1. The van der Waals surface area contributed by atoms with Crippen LogP contribution in [-0.4, -0.2) is 64.6 Å². The van der Waals surface area contributed by atoms with E-state index in [4.69, 9.17) is 4.74 Å². The Morgan fingerprint density at radius 1 is 1.19 bits per heavy atom. The lowest BCUT2D eigenvalue weighted by Gasteiger charge is -2.44. The lowest BCUT2D eigenvalue weighted by atomic mass is 9.72. The summed E-state index contributed by atoms with van der Waals surface area (Å²) in [5.41, 5.74) is -3.31. The Morgan fingerprint density at radius 2 is 1.84 bits per heavy atom. The van der Waals surface area contributed by atoms with Crippen molar-refractivity contribution in [2.45, 2.75) is 39.0 Å². The molecule has 172 valence electrons. The third-order valence-corrected chi connectivity index (χ3v) is 5.74. The Labute approximate surface area is 184 Å². The Hall–Kier alpha value is -3.24. The van der Waals surface area contributed by atoms with E-state index in [1.54, 1.807) is 24.3 Å². The van der Waals surface area contributed by atoms with Crippen LogP contribution >= 0.6 is 0 Å². The number of aliphatic hydroxyl groups is 1. The minimum Gasteiger partial charge on any atom is -0.479 e. The number of fused-ring (bicyclic) bond motifs is 1. The molecule has 2 N–H and O–H groups in total. The molecule has 10 heteroatoms. The van der Waals surface area contributed by atoms with Crippen LogP contribution in [0.4, 0.5) is 5.69 Å². The number of carboxylic acid groups (broad SMARTS) is 1. The molecule has 0 spiro atoms. The first-order chi connectivity index (χ1) is 14.9. The first-order valence-electron chi connectivity index (χ1n) is 10.0. The second-order valence-electron chi connectivity index (χ2n) is 8.64. The van der Waals surface area contributed by atoms with Crippen molar-refractivity contribution in [3.8, 4) is 0 Å². The van der Waals surface area contributed by atoms with Crippen molar-refractivity contribution in [1.82, 2.24) is 4.57 Å². The molecule has 1 aromatic carbocycles. The van der Waals surface area contributed by atoms with E-state index in [-0.39, 0.29) is 19.7 Å². The van der Waals surface area contributed by atoms with Crippen LogP contribution < -0.4 is 10.5 Å². The average Bonchev–Trinajstić information content (AvgIpc) is 2.74. The largest absolute Gasteiger partial charge is 0.479 e. The number of methoxy groups -OCH3 is 1. The third kappa shape index (κ3) is 3.87. The van der Waals surface area contributed by atoms with Crippen LogP contribution in [0, 0.1) is 5.41 Å². The van der Waals surface area contributed by atoms with Gasteiger partial charge in [0.15, 0.2) is 6.10 Å². The van der Waals surface area contributed by atoms with Gasteiger partial charge in [0.1, 0.15) is 6.54 Å². The predicted molar refractivity (Wildman–Crippen MR) is 114 cm³/mol. The van der Waals surface area contributed by atoms with Crippen LogP contribution in [0.5, 0.6) is 0 Å². The zero-order chi connectivity index (χ0) is 23.8. The molecule has 2 heterocycles. The summed E-state index contributed by atoms with van der Waals surface area (Å²) in [5, 5.41) is 21.4. The molecule has 1 amide bonds. The number of amides is 1. The first kappa shape index (κ1) is 23.4. The number of carbonyl (C=O) groups is 3. The molecule has 1 saturated heterocycles. The zero-order valence-corrected chi connectivity index (χ0v) is 18.3. The molecule has 3 rings (SSSR count). The van der Waals surface area contributed by atoms with Gasteiger partial charge in [-0.2, -0.15) is 0 Å². The van der Waals surface area contributed by atoms with Crippen LogP contribution in [0.3, 0.4) is 0 Å². The Bertz CT molecular complexity index is 1130. The summed E-state index contributed by atoms with van der Waals surface area (Å²) in [6.45, 7) is 4.35. The number of carbonyl (C=O) groups excluding carboxylic acids is 2. The van der Waals surface area contributed by atoms with Crippen molar-refractivity contribution in [2.75, 3.05) is 25.2 Å². The van der Waals surface area contributed by atoms with Gasteiger partial charge >= 0.3 is 11.9 Å². The Morgan fingerprint density at radius 3 is 2.44 bits per heavy atom. The summed E-state index contributed by atoms with van der Waals surface area (Å²) in [6, 6.07) is 7.82. The van der Waals surface area contributed by atoms with Gasteiger partial charge in [-0.3, -0.25) is 19.0 Å². The van der Waals surface area contributed by atoms with Crippen molar-refractivity contribution in [2.24, 2.45) is 5.41 Å². The van der Waals surface area contributed by atoms with E-state index in [2.05, 4.69) is 4.74 Å². The Balaban J connectivity index is 2.07. The van der Waals surface area contributed by atoms with Gasteiger partial charge in [-0.1, -0.05) is 26.8 Å². The smallest absolute Gasteiger partial charge is 0.339 e. The van der Waals surface area contributed by atoms with Crippen molar-refractivity contribution in [3.05, 3.63) is 40.7 Å². The molecule has 0 bridgehead atoms. The molecule has 0 aliphatic carbocycles. The normalized spacial score (nSPS) is 19.0. The van der Waals surface area contributed by atoms with E-state index >= 15 is 0 Å². The van der Waals surface area contributed by atoms with Crippen LogP contribution in [0.2, 0.25) is 0 Å². The van der Waals surface area contributed by atoms with Crippen molar-refractivity contribution >= 4 is 34.4 Å². The van der Waals surface area contributed by atoms with Crippen molar-refractivity contribution < 1.29 is 34.1 Å². The number of ether oxygens (including phenoxy) is 2. The maximum atomic E-state index is 13.3. The lowest BCUT2D eigenvalue weighted by molar-refractivity contribution is -0.203. The van der Waals surface area contributed by atoms with E-state index in [1.165, 1.54) is 43.4 Å². The standard InChI is InChI=1S/C22H26N2O8/c1-21(2,3)22(30,20(28)29)18-19(27)23(9-10-32-18)14-7-5-13-6-8-16(25)24(15(13)11-14)12-17(26)31-4/h5-8,11,18,30H,9-10,12H2,1-4H3,(H,28,29)/t18-,22+/m0/s1. The van der Waals surface area contributed by atoms with Crippen LogP contribution in [0.1, 0.15) is 20.8 Å². The molecule has 2 aromatic rings. The number of hydrogen-bond donors (Lipinski definition) is 2. The summed E-state index contributed by atoms with van der Waals surface area (Å²) in [6.07, 6.45) is -1.63. The molecule has 2 atom stereocenters. The summed E-state index contributed by atoms with van der Waals surface area (Å²) in [5.74, 6) is -2.88. The fourth-order valence-corrected chi connectivity index (χ4v) is 3.77. The van der Waals surface area contributed by atoms with Gasteiger partial charge in [0, 0.05) is 23.7 Å². The number of carboxylic acids is 1. The minimum absolute atomic E-state index is 0.00384. The van der Waals surface area contributed by atoms with Gasteiger partial charge in [-0.15, -0.1) is 0 Å². The SMILES string of the molecule is COC(=O)Cn1c(=O)ccc2ccc(N3CCO[C@H]([C@@](O)(C(=O)O)C(C)(C)C)C3=O)cc21. The fraction of sp³-hybridized carbons (Fsp3) is 0.455. The molecule has 0 unspecified atom stereocenters. The van der Waals surface area contributed by atoms with Gasteiger partial charge in [0.2, 0.25) is 5.60 Å². The molecule has 1 fully saturated rings. The highest BCUT2D eigenvalue weighted by molar-refractivity contribution is 6.02. The summed E-state index contributed by atoms with van der Waals surface area (Å²) in [4.78, 5) is 50.7. The maximum absolute atomic E-state index is 13.3. The van der Waals surface area contributed by atoms with Gasteiger partial charge in [0.25, 0.3) is 11.5 Å². The fourth-order valence-electron chi connectivity index (χ4n) is 3.77. The first-order valence-corrected chi connectivity index (χ1v) is 10.0. The van der Waals surface area contributed by atoms with Gasteiger partial charge in [0.05, 0.1) is 19.2 Å². The van der Waals surface area contributed by atoms with E-state index in [9.17, 15) is 29.4 Å². The number of esters is 1. The van der Waals surface area contributed by atoms with E-state index in [0.29, 0.717) is 16.6 Å². The molecular formula is C22H26N2O8. The summed E-state index contributed by atoms with van der Waals surface area (Å²) in [7, 11) is 1.22. The molecule has 0 radical (unpaired) electrons. The lowest BCUT2D eigenvalue weighted by Crippen LogP contribution is -2.66. The number of aliphatic carboxylic acids is 1. The van der Waals surface area contributed by atoms with E-state index in [1.807, 2.05) is 0 Å². The van der Waals surface area contributed by atoms with E-state index < -0.39 is 40.5 Å². The summed E-state index contributed by atoms with van der Waals surface area (Å²) >= 11 is 0. The molecule has 32 heavy (non-hydrogen) atoms. The second-order valence-corrected chi connectivity index (χ2v) is 8.64. The van der Waals surface area contributed by atoms with E-state index in [0.717, 1.165) is 0 Å².